The fourth-order valence-electron chi connectivity index (χ4n) is 4.00. The average Bonchev–Trinajstić information content (AvgIpc) is 2.83. The Labute approximate surface area is 186 Å². The molecule has 0 saturated carbocycles. The van der Waals surface area contributed by atoms with Crippen LogP contribution < -0.4 is 14.9 Å². The van der Waals surface area contributed by atoms with Crippen LogP contribution in [0.5, 0.6) is 11.5 Å². The third-order valence-electron chi connectivity index (χ3n) is 5.84. The standard InChI is InChI=1S/C25H27NO6/c1-29-22-12-19-20(27)13-24(32-21(19)14-23(22)30-2)25(28)31-16-18-8-10-26(11-9-18)15-17-6-4-3-5-7-17/h3-7,12-14,18H,8-11,15-16H2,1-2H3. The van der Waals surface area contributed by atoms with Gasteiger partial charge in [-0.25, -0.2) is 4.79 Å². The number of hydrogen-bond donors (Lipinski definition) is 0. The third kappa shape index (κ3) is 4.94. The lowest BCUT2D eigenvalue weighted by Crippen LogP contribution is -2.35. The second kappa shape index (κ2) is 9.87. The van der Waals surface area contributed by atoms with Crippen LogP contribution in [0, 0.1) is 5.92 Å². The number of esters is 1. The van der Waals surface area contributed by atoms with Crippen LogP contribution in [0.25, 0.3) is 11.0 Å². The van der Waals surface area contributed by atoms with Crippen LogP contribution in [0.1, 0.15) is 29.0 Å². The van der Waals surface area contributed by atoms with Crippen molar-refractivity contribution >= 4 is 16.9 Å². The summed E-state index contributed by atoms with van der Waals surface area (Å²) in [7, 11) is 2.98. The summed E-state index contributed by atoms with van der Waals surface area (Å²) in [5.41, 5.74) is 1.21. The van der Waals surface area contributed by atoms with E-state index in [0.29, 0.717) is 29.4 Å². The first-order valence-corrected chi connectivity index (χ1v) is 10.7. The largest absolute Gasteiger partial charge is 0.493 e. The maximum Gasteiger partial charge on any atom is 0.374 e. The normalized spacial score (nSPS) is 14.9. The Hall–Kier alpha value is -3.32. The first-order chi connectivity index (χ1) is 15.6. The van der Waals surface area contributed by atoms with Gasteiger partial charge in [-0.15, -0.1) is 0 Å². The van der Waals surface area contributed by atoms with Crippen LogP contribution in [0.2, 0.25) is 0 Å². The molecule has 7 heteroatoms. The number of ether oxygens (including phenoxy) is 3. The van der Waals surface area contributed by atoms with Gasteiger partial charge in [-0.3, -0.25) is 9.69 Å². The SMILES string of the molecule is COc1cc2oc(C(=O)OCC3CCN(Cc4ccccc4)CC3)cc(=O)c2cc1OC. The van der Waals surface area contributed by atoms with Gasteiger partial charge in [-0.2, -0.15) is 0 Å². The lowest BCUT2D eigenvalue weighted by Gasteiger charge is -2.31. The summed E-state index contributed by atoms with van der Waals surface area (Å²) in [5.74, 6) is 0.376. The molecule has 1 aliphatic rings. The Balaban J connectivity index is 1.35. The van der Waals surface area contributed by atoms with E-state index in [2.05, 4.69) is 29.2 Å². The molecular weight excluding hydrogens is 410 g/mol. The molecule has 0 bridgehead atoms. The van der Waals surface area contributed by atoms with E-state index in [-0.39, 0.29) is 16.8 Å². The van der Waals surface area contributed by atoms with E-state index < -0.39 is 5.97 Å². The van der Waals surface area contributed by atoms with Crippen molar-refractivity contribution in [2.45, 2.75) is 19.4 Å². The minimum Gasteiger partial charge on any atom is -0.493 e. The molecule has 2 aromatic carbocycles. The van der Waals surface area contributed by atoms with Crippen molar-refractivity contribution in [3.05, 3.63) is 70.1 Å². The number of carbonyl (C=O) groups is 1. The predicted molar refractivity (Wildman–Crippen MR) is 120 cm³/mol. The van der Waals surface area contributed by atoms with Gasteiger partial charge in [0.15, 0.2) is 16.9 Å². The highest BCUT2D eigenvalue weighted by Crippen LogP contribution is 2.31. The van der Waals surface area contributed by atoms with Gasteiger partial charge >= 0.3 is 5.97 Å². The smallest absolute Gasteiger partial charge is 0.374 e. The molecule has 0 N–H and O–H groups in total. The van der Waals surface area contributed by atoms with Gasteiger partial charge in [0.25, 0.3) is 0 Å². The van der Waals surface area contributed by atoms with Crippen molar-refractivity contribution in [1.82, 2.24) is 4.90 Å². The second-order valence-electron chi connectivity index (χ2n) is 7.98. The van der Waals surface area contributed by atoms with Crippen molar-refractivity contribution in [2.75, 3.05) is 33.9 Å². The summed E-state index contributed by atoms with van der Waals surface area (Å²) >= 11 is 0. The number of rotatable bonds is 7. The molecule has 0 amide bonds. The van der Waals surface area contributed by atoms with Crippen LogP contribution in [-0.4, -0.2) is 44.8 Å². The van der Waals surface area contributed by atoms with Gasteiger partial charge in [0.2, 0.25) is 5.76 Å². The van der Waals surface area contributed by atoms with Crippen LogP contribution in [0.3, 0.4) is 0 Å². The zero-order valence-corrected chi connectivity index (χ0v) is 18.3. The first-order valence-electron chi connectivity index (χ1n) is 10.7. The Morgan fingerprint density at radius 2 is 1.72 bits per heavy atom. The molecule has 1 aliphatic heterocycles. The molecule has 0 aliphatic carbocycles. The van der Waals surface area contributed by atoms with Crippen LogP contribution in [0.4, 0.5) is 0 Å². The van der Waals surface area contributed by atoms with Gasteiger partial charge in [-0.05, 0) is 43.5 Å². The molecule has 7 nitrogen and oxygen atoms in total. The molecule has 1 fully saturated rings. The summed E-state index contributed by atoms with van der Waals surface area (Å²) in [6.45, 7) is 3.17. The van der Waals surface area contributed by atoms with Gasteiger partial charge < -0.3 is 18.6 Å². The van der Waals surface area contributed by atoms with Gasteiger partial charge in [0.05, 0.1) is 26.2 Å². The molecule has 32 heavy (non-hydrogen) atoms. The molecule has 0 radical (unpaired) electrons. The van der Waals surface area contributed by atoms with Gasteiger partial charge in [0, 0.05) is 18.7 Å². The zero-order valence-electron chi connectivity index (χ0n) is 18.3. The van der Waals surface area contributed by atoms with Crippen LogP contribution >= 0.6 is 0 Å². The first kappa shape index (κ1) is 21.9. The third-order valence-corrected chi connectivity index (χ3v) is 5.84. The fourth-order valence-corrected chi connectivity index (χ4v) is 4.00. The number of carbonyl (C=O) groups excluding carboxylic acids is 1. The summed E-state index contributed by atoms with van der Waals surface area (Å²) in [6, 6.07) is 14.6. The molecule has 0 unspecified atom stereocenters. The number of fused-ring (bicyclic) bond motifs is 1. The Morgan fingerprint density at radius 1 is 1.03 bits per heavy atom. The number of methoxy groups -OCH3 is 2. The summed E-state index contributed by atoms with van der Waals surface area (Å²) in [6.07, 6.45) is 1.91. The average molecular weight is 437 g/mol. The Morgan fingerprint density at radius 3 is 2.41 bits per heavy atom. The molecule has 0 spiro atoms. The number of benzene rings is 2. The van der Waals surface area contributed by atoms with Crippen molar-refractivity contribution in [2.24, 2.45) is 5.92 Å². The minimum absolute atomic E-state index is 0.115. The van der Waals surface area contributed by atoms with E-state index in [1.807, 2.05) is 6.07 Å². The molecule has 1 saturated heterocycles. The number of nitrogens with zero attached hydrogens (tertiary/aromatic N) is 1. The topological polar surface area (TPSA) is 78.2 Å². The minimum atomic E-state index is -0.634. The number of piperidine rings is 1. The summed E-state index contributed by atoms with van der Waals surface area (Å²) < 4.78 is 21.6. The number of hydrogen-bond acceptors (Lipinski definition) is 7. The Kier molecular flexibility index (Phi) is 6.75. The van der Waals surface area contributed by atoms with E-state index in [4.69, 9.17) is 18.6 Å². The van der Waals surface area contributed by atoms with Crippen LogP contribution in [-0.2, 0) is 11.3 Å². The van der Waals surface area contributed by atoms with Crippen molar-refractivity contribution < 1.29 is 23.4 Å². The van der Waals surface area contributed by atoms with Gasteiger partial charge in [0.1, 0.15) is 5.58 Å². The lowest BCUT2D eigenvalue weighted by molar-refractivity contribution is 0.0336. The fraction of sp³-hybridized carbons (Fsp3) is 0.360. The van der Waals surface area contributed by atoms with Crippen molar-refractivity contribution in [3.63, 3.8) is 0 Å². The molecule has 2 heterocycles. The van der Waals surface area contributed by atoms with Gasteiger partial charge in [-0.1, -0.05) is 30.3 Å². The van der Waals surface area contributed by atoms with Crippen molar-refractivity contribution in [1.29, 1.82) is 0 Å². The van der Waals surface area contributed by atoms with Crippen LogP contribution in [0.15, 0.2) is 57.7 Å². The van der Waals surface area contributed by atoms with E-state index in [9.17, 15) is 9.59 Å². The second-order valence-corrected chi connectivity index (χ2v) is 7.98. The predicted octanol–water partition coefficient (Wildman–Crippen LogP) is 3.88. The molecule has 4 rings (SSSR count). The van der Waals surface area contributed by atoms with E-state index in [1.165, 1.54) is 31.9 Å². The maximum absolute atomic E-state index is 12.5. The highest BCUT2D eigenvalue weighted by atomic mass is 16.5. The van der Waals surface area contributed by atoms with E-state index >= 15 is 0 Å². The zero-order chi connectivity index (χ0) is 22.5. The lowest BCUT2D eigenvalue weighted by atomic mass is 9.97. The molecule has 1 aromatic heterocycles. The monoisotopic (exact) mass is 437 g/mol. The maximum atomic E-state index is 12.5. The summed E-state index contributed by atoms with van der Waals surface area (Å²) in [4.78, 5) is 27.5. The number of likely N-dealkylation sites (tertiary alicyclic amines) is 1. The summed E-state index contributed by atoms with van der Waals surface area (Å²) in [5, 5.41) is 0.310. The Bertz CT molecular complexity index is 1130. The van der Waals surface area contributed by atoms with E-state index in [1.54, 1.807) is 6.07 Å². The van der Waals surface area contributed by atoms with E-state index in [0.717, 1.165) is 32.5 Å². The highest BCUT2D eigenvalue weighted by molar-refractivity contribution is 5.89. The van der Waals surface area contributed by atoms with Crippen molar-refractivity contribution in [3.8, 4) is 11.5 Å². The highest BCUT2D eigenvalue weighted by Gasteiger charge is 2.22. The molecular formula is C25H27NO6. The molecule has 3 aromatic rings. The quantitative estimate of drug-likeness (QED) is 0.519. The molecule has 0 atom stereocenters. The molecule has 168 valence electrons.